The second-order valence-electron chi connectivity index (χ2n) is 7.33. The number of nitrogens with zero attached hydrogens (tertiary/aromatic N) is 2. The zero-order chi connectivity index (χ0) is 20.1. The molecule has 1 saturated heterocycles. The fraction of sp³-hybridized carbons (Fsp3) is 0.350. The smallest absolute Gasteiger partial charge is 0.181 e. The zero-order valence-electron chi connectivity index (χ0n) is 15.5. The van der Waals surface area contributed by atoms with Crippen LogP contribution in [0.1, 0.15) is 12.0 Å². The minimum atomic E-state index is -0.363. The fourth-order valence-electron chi connectivity index (χ4n) is 4.18. The molecule has 2 aliphatic heterocycles. The highest BCUT2D eigenvalue weighted by Gasteiger charge is 2.28. The van der Waals surface area contributed by atoms with Gasteiger partial charge < -0.3 is 15.8 Å². The maximum Gasteiger partial charge on any atom is 0.181 e. The molecule has 3 N–H and O–H groups in total. The molecule has 0 aliphatic carbocycles. The van der Waals surface area contributed by atoms with E-state index in [0.717, 1.165) is 49.5 Å². The second-order valence-corrected chi connectivity index (χ2v) is 9.14. The van der Waals surface area contributed by atoms with E-state index in [2.05, 4.69) is 15.2 Å². The normalized spacial score (nSPS) is 19.9. The van der Waals surface area contributed by atoms with E-state index in [-0.39, 0.29) is 5.82 Å². The average molecular weight is 453 g/mol. The predicted octanol–water partition coefficient (Wildman–Crippen LogP) is 4.55. The lowest BCUT2D eigenvalue weighted by atomic mass is 9.99. The van der Waals surface area contributed by atoms with E-state index in [1.54, 1.807) is 6.07 Å². The number of nitrogens with one attached hydrogen (secondary N) is 1. The van der Waals surface area contributed by atoms with Crippen molar-refractivity contribution in [1.82, 2.24) is 15.2 Å². The highest BCUT2D eigenvalue weighted by molar-refractivity contribution is 7.22. The third kappa shape index (κ3) is 3.35. The first-order chi connectivity index (χ1) is 14.0. The number of benzene rings is 2. The minimum absolute atomic E-state index is 0.297. The van der Waals surface area contributed by atoms with Crippen molar-refractivity contribution in [1.29, 1.82) is 0 Å². The predicted molar refractivity (Wildman–Crippen MR) is 117 cm³/mol. The summed E-state index contributed by atoms with van der Waals surface area (Å²) in [6.45, 7) is 4.18. The van der Waals surface area contributed by atoms with Gasteiger partial charge in [-0.3, -0.25) is 4.90 Å². The van der Waals surface area contributed by atoms with Gasteiger partial charge in [-0.15, -0.1) is 0 Å². The quantitative estimate of drug-likeness (QED) is 0.566. The van der Waals surface area contributed by atoms with E-state index in [1.807, 2.05) is 6.07 Å². The molecule has 1 aromatic heterocycles. The van der Waals surface area contributed by atoms with Crippen LogP contribution in [0.5, 0.6) is 5.75 Å². The molecule has 3 heterocycles. The van der Waals surface area contributed by atoms with Crippen molar-refractivity contribution >= 4 is 49.9 Å². The van der Waals surface area contributed by atoms with Crippen LogP contribution in [0.15, 0.2) is 18.2 Å². The first kappa shape index (κ1) is 19.3. The van der Waals surface area contributed by atoms with Crippen molar-refractivity contribution in [2.24, 2.45) is 0 Å². The average Bonchev–Trinajstić information content (AvgIpc) is 3.07. The van der Waals surface area contributed by atoms with Crippen molar-refractivity contribution in [3.05, 3.63) is 39.6 Å². The van der Waals surface area contributed by atoms with Crippen LogP contribution in [0.3, 0.4) is 0 Å². The summed E-state index contributed by atoms with van der Waals surface area (Å²) < 4.78 is 20.7. The van der Waals surface area contributed by atoms with E-state index in [0.29, 0.717) is 54.9 Å². The van der Waals surface area contributed by atoms with E-state index >= 15 is 0 Å². The largest absolute Gasteiger partial charge is 0.492 e. The number of halogens is 3. The number of hydrogen-bond donors (Lipinski definition) is 2. The lowest BCUT2D eigenvalue weighted by Crippen LogP contribution is -2.51. The van der Waals surface area contributed by atoms with E-state index in [4.69, 9.17) is 33.7 Å². The molecule has 0 saturated carbocycles. The summed E-state index contributed by atoms with van der Waals surface area (Å²) in [5.41, 5.74) is 8.51. The Kier molecular flexibility index (Phi) is 5.04. The summed E-state index contributed by atoms with van der Waals surface area (Å²) in [5.74, 6) is 0.279. The Morgan fingerprint density at radius 3 is 3.07 bits per heavy atom. The molecule has 9 heteroatoms. The number of aromatic nitrogens is 1. The van der Waals surface area contributed by atoms with Gasteiger partial charge in [-0.2, -0.15) is 0 Å². The van der Waals surface area contributed by atoms with Gasteiger partial charge in [-0.25, -0.2) is 9.37 Å². The Labute approximate surface area is 181 Å². The molecule has 1 fully saturated rings. The molecule has 0 bridgehead atoms. The molecule has 3 aromatic rings. The van der Waals surface area contributed by atoms with Crippen molar-refractivity contribution < 1.29 is 9.13 Å². The highest BCUT2D eigenvalue weighted by atomic mass is 35.5. The van der Waals surface area contributed by atoms with Crippen LogP contribution >= 0.6 is 34.5 Å². The Hall–Kier alpha value is -1.64. The van der Waals surface area contributed by atoms with Gasteiger partial charge in [-0.05, 0) is 24.6 Å². The van der Waals surface area contributed by atoms with Crippen molar-refractivity contribution in [3.63, 3.8) is 0 Å². The molecule has 152 valence electrons. The highest BCUT2D eigenvalue weighted by Crippen LogP contribution is 2.47. The summed E-state index contributed by atoms with van der Waals surface area (Å²) in [4.78, 5) is 6.76. The Morgan fingerprint density at radius 1 is 1.34 bits per heavy atom. The molecule has 1 atom stereocenters. The summed E-state index contributed by atoms with van der Waals surface area (Å²) in [6, 6.07) is 5.38. The van der Waals surface area contributed by atoms with Gasteiger partial charge in [-0.1, -0.05) is 34.5 Å². The molecule has 29 heavy (non-hydrogen) atoms. The topological polar surface area (TPSA) is 63.4 Å². The van der Waals surface area contributed by atoms with E-state index in [1.165, 1.54) is 6.07 Å². The van der Waals surface area contributed by atoms with Gasteiger partial charge in [0.15, 0.2) is 5.13 Å². The number of nitrogen functional groups attached to an aromatic ring is 1. The SMILES string of the molecule is Nc1nc2c(-c3c(Cl)cc4c(c3Cl)OCC[C@H]3CNCCN3C4)ccc(F)c2s1. The van der Waals surface area contributed by atoms with Gasteiger partial charge in [0.2, 0.25) is 0 Å². The van der Waals surface area contributed by atoms with Gasteiger partial charge in [0.1, 0.15) is 11.6 Å². The van der Waals surface area contributed by atoms with Crippen LogP contribution in [0.4, 0.5) is 9.52 Å². The van der Waals surface area contributed by atoms with Gasteiger partial charge >= 0.3 is 0 Å². The number of piperazine rings is 1. The van der Waals surface area contributed by atoms with E-state index in [9.17, 15) is 4.39 Å². The fourth-order valence-corrected chi connectivity index (χ4v) is 5.70. The Morgan fingerprint density at radius 2 is 2.21 bits per heavy atom. The van der Waals surface area contributed by atoms with Crippen LogP contribution in [0, 0.1) is 5.82 Å². The van der Waals surface area contributed by atoms with E-state index < -0.39 is 0 Å². The molecule has 5 nitrogen and oxygen atoms in total. The number of anilines is 1. The molecule has 0 amide bonds. The molecule has 0 spiro atoms. The third-order valence-electron chi connectivity index (χ3n) is 5.57. The van der Waals surface area contributed by atoms with Gasteiger partial charge in [0, 0.05) is 48.9 Å². The van der Waals surface area contributed by atoms with Crippen molar-refractivity contribution in [2.45, 2.75) is 19.0 Å². The number of thiazole rings is 1. The number of rotatable bonds is 1. The molecule has 0 unspecified atom stereocenters. The molecular weight excluding hydrogens is 434 g/mol. The number of nitrogens with two attached hydrogens (primary N) is 1. The summed E-state index contributed by atoms with van der Waals surface area (Å²) >= 11 is 14.6. The van der Waals surface area contributed by atoms with Crippen LogP contribution in [-0.4, -0.2) is 42.2 Å². The van der Waals surface area contributed by atoms with Gasteiger partial charge in [0.25, 0.3) is 0 Å². The molecule has 2 aromatic carbocycles. The molecule has 5 rings (SSSR count). The maximum absolute atomic E-state index is 14.2. The number of ether oxygens (including phenoxy) is 1. The lowest BCUT2D eigenvalue weighted by Gasteiger charge is -2.38. The van der Waals surface area contributed by atoms with Crippen LogP contribution in [-0.2, 0) is 6.54 Å². The molecule has 0 radical (unpaired) electrons. The van der Waals surface area contributed by atoms with Crippen LogP contribution < -0.4 is 15.8 Å². The summed E-state index contributed by atoms with van der Waals surface area (Å²) in [7, 11) is 0. The maximum atomic E-state index is 14.2. The molecule has 2 aliphatic rings. The second kappa shape index (κ2) is 7.56. The van der Waals surface area contributed by atoms with Gasteiger partial charge in [0.05, 0.1) is 26.9 Å². The number of hydrogen-bond acceptors (Lipinski definition) is 6. The Bertz CT molecular complexity index is 1110. The van der Waals surface area contributed by atoms with Crippen LogP contribution in [0.25, 0.3) is 21.3 Å². The van der Waals surface area contributed by atoms with Crippen molar-refractivity contribution in [3.8, 4) is 16.9 Å². The minimum Gasteiger partial charge on any atom is -0.492 e. The standard InChI is InChI=1S/C20H19Cl2FN4OS/c21-13-7-10-9-27-5-4-25-8-11(27)3-6-28-18(10)16(22)15(13)12-1-2-14(23)19-17(12)26-20(24)29-19/h1-2,7,11,25H,3-6,8-9H2,(H2,24,26)/t11-/m0/s1. The Balaban J connectivity index is 1.65. The number of fused-ring (bicyclic) bond motifs is 3. The lowest BCUT2D eigenvalue weighted by molar-refractivity contribution is 0.115. The first-order valence-corrected chi connectivity index (χ1v) is 11.0. The zero-order valence-corrected chi connectivity index (χ0v) is 17.8. The van der Waals surface area contributed by atoms with Crippen LogP contribution in [0.2, 0.25) is 10.0 Å². The first-order valence-electron chi connectivity index (χ1n) is 9.46. The summed E-state index contributed by atoms with van der Waals surface area (Å²) in [6.07, 6.45) is 0.921. The monoisotopic (exact) mass is 452 g/mol. The third-order valence-corrected chi connectivity index (χ3v) is 7.13. The summed E-state index contributed by atoms with van der Waals surface area (Å²) in [5, 5.41) is 4.65. The molecular formula is C20H19Cl2FN4OS. The van der Waals surface area contributed by atoms with Crippen molar-refractivity contribution in [2.75, 3.05) is 32.0 Å².